The molecule has 0 fully saturated rings. The van der Waals surface area contributed by atoms with Crippen molar-refractivity contribution in [1.82, 2.24) is 9.55 Å². The van der Waals surface area contributed by atoms with Gasteiger partial charge in [-0.3, -0.25) is 9.36 Å². The molecule has 1 aliphatic rings. The van der Waals surface area contributed by atoms with Crippen molar-refractivity contribution >= 4 is 11.7 Å². The highest BCUT2D eigenvalue weighted by atomic mass is 16.5. The molecule has 1 N–H and O–H groups in total. The third-order valence-electron chi connectivity index (χ3n) is 5.23. The van der Waals surface area contributed by atoms with E-state index in [1.54, 1.807) is 40.8 Å². The lowest BCUT2D eigenvalue weighted by Gasteiger charge is -2.25. The number of methoxy groups -OCH3 is 4. The number of imidazole rings is 1. The summed E-state index contributed by atoms with van der Waals surface area (Å²) in [6.45, 7) is 0. The topological polar surface area (TPSA) is 83.8 Å². The van der Waals surface area contributed by atoms with E-state index in [1.165, 1.54) is 0 Å². The normalized spacial score (nSPS) is 15.2. The number of nitrogens with one attached hydrogen (secondary N) is 1. The number of amides is 1. The summed E-state index contributed by atoms with van der Waals surface area (Å²) in [5.41, 5.74) is 2.34. The number of rotatable bonds is 6. The van der Waals surface area contributed by atoms with Crippen molar-refractivity contribution in [3.63, 3.8) is 0 Å². The maximum Gasteiger partial charge on any atom is 0.226 e. The van der Waals surface area contributed by atoms with E-state index in [2.05, 4.69) is 10.3 Å². The zero-order valence-electron chi connectivity index (χ0n) is 17.3. The van der Waals surface area contributed by atoms with Crippen LogP contribution in [0.3, 0.4) is 0 Å². The SMILES string of the molecule is COc1ccc(-n2cnc3c2NC(=O)CC3c2cc(OC)ccc2OC)c(OC)c1. The van der Waals surface area contributed by atoms with Crippen LogP contribution in [0, 0.1) is 0 Å². The van der Waals surface area contributed by atoms with Gasteiger partial charge in [0.15, 0.2) is 0 Å². The summed E-state index contributed by atoms with van der Waals surface area (Å²) in [6.07, 6.45) is 1.94. The zero-order chi connectivity index (χ0) is 21.3. The van der Waals surface area contributed by atoms with Crippen LogP contribution in [0.25, 0.3) is 5.69 Å². The van der Waals surface area contributed by atoms with Crippen LogP contribution in [-0.4, -0.2) is 43.9 Å². The summed E-state index contributed by atoms with van der Waals surface area (Å²) in [5, 5.41) is 2.96. The minimum Gasteiger partial charge on any atom is -0.497 e. The van der Waals surface area contributed by atoms with Crippen LogP contribution in [0.2, 0.25) is 0 Å². The Morgan fingerprint density at radius 3 is 2.33 bits per heavy atom. The van der Waals surface area contributed by atoms with E-state index in [0.717, 1.165) is 16.9 Å². The summed E-state index contributed by atoms with van der Waals surface area (Å²) in [5.74, 6) is 2.87. The fourth-order valence-electron chi connectivity index (χ4n) is 3.74. The second-order valence-corrected chi connectivity index (χ2v) is 6.80. The molecule has 8 heteroatoms. The predicted octanol–water partition coefficient (Wildman–Crippen LogP) is 3.38. The highest BCUT2D eigenvalue weighted by molar-refractivity contribution is 5.94. The number of ether oxygens (including phenoxy) is 4. The predicted molar refractivity (Wildman–Crippen MR) is 111 cm³/mol. The summed E-state index contributed by atoms with van der Waals surface area (Å²) in [7, 11) is 6.40. The van der Waals surface area contributed by atoms with Gasteiger partial charge in [0.2, 0.25) is 5.91 Å². The molecular formula is C22H23N3O5. The minimum absolute atomic E-state index is 0.105. The Morgan fingerprint density at radius 1 is 0.933 bits per heavy atom. The van der Waals surface area contributed by atoms with Gasteiger partial charge in [0.05, 0.1) is 39.8 Å². The number of benzene rings is 2. The number of fused-ring (bicyclic) bond motifs is 1. The van der Waals surface area contributed by atoms with Gasteiger partial charge in [0, 0.05) is 24.0 Å². The Labute approximate surface area is 174 Å². The van der Waals surface area contributed by atoms with Gasteiger partial charge in [0.25, 0.3) is 0 Å². The molecule has 1 aromatic heterocycles. The average molecular weight is 409 g/mol. The van der Waals surface area contributed by atoms with Crippen molar-refractivity contribution in [1.29, 1.82) is 0 Å². The fraction of sp³-hybridized carbons (Fsp3) is 0.273. The van der Waals surface area contributed by atoms with Crippen LogP contribution in [0.15, 0.2) is 42.7 Å². The van der Waals surface area contributed by atoms with Crippen molar-refractivity contribution in [2.24, 2.45) is 0 Å². The molecule has 2 heterocycles. The van der Waals surface area contributed by atoms with E-state index in [0.29, 0.717) is 28.8 Å². The molecule has 0 radical (unpaired) electrons. The largest absolute Gasteiger partial charge is 0.497 e. The molecule has 1 atom stereocenters. The van der Waals surface area contributed by atoms with Gasteiger partial charge in [0.1, 0.15) is 35.1 Å². The van der Waals surface area contributed by atoms with Crippen LogP contribution in [0.4, 0.5) is 5.82 Å². The van der Waals surface area contributed by atoms with E-state index in [4.69, 9.17) is 18.9 Å². The second-order valence-electron chi connectivity index (χ2n) is 6.80. The summed E-state index contributed by atoms with van der Waals surface area (Å²) in [6, 6.07) is 11.0. The molecule has 156 valence electrons. The molecule has 0 saturated heterocycles. The second kappa shape index (κ2) is 7.98. The quantitative estimate of drug-likeness (QED) is 0.672. The van der Waals surface area contributed by atoms with Gasteiger partial charge in [-0.2, -0.15) is 0 Å². The van der Waals surface area contributed by atoms with Crippen LogP contribution >= 0.6 is 0 Å². The monoisotopic (exact) mass is 409 g/mol. The summed E-state index contributed by atoms with van der Waals surface area (Å²) >= 11 is 0. The molecule has 0 saturated carbocycles. The lowest BCUT2D eigenvalue weighted by molar-refractivity contribution is -0.116. The lowest BCUT2D eigenvalue weighted by Crippen LogP contribution is -2.25. The highest BCUT2D eigenvalue weighted by Gasteiger charge is 2.33. The van der Waals surface area contributed by atoms with Crippen LogP contribution in [-0.2, 0) is 4.79 Å². The molecule has 0 aliphatic carbocycles. The third kappa shape index (κ3) is 3.30. The Morgan fingerprint density at radius 2 is 1.63 bits per heavy atom. The molecule has 8 nitrogen and oxygen atoms in total. The Hall–Kier alpha value is -3.68. The molecule has 0 spiro atoms. The van der Waals surface area contributed by atoms with Crippen molar-refractivity contribution in [2.45, 2.75) is 12.3 Å². The van der Waals surface area contributed by atoms with Gasteiger partial charge in [-0.25, -0.2) is 4.98 Å². The fourth-order valence-corrected chi connectivity index (χ4v) is 3.74. The molecular weight excluding hydrogens is 386 g/mol. The Kier molecular flexibility index (Phi) is 5.22. The molecule has 1 amide bonds. The smallest absolute Gasteiger partial charge is 0.226 e. The minimum atomic E-state index is -0.274. The number of carbonyl (C=O) groups is 1. The van der Waals surface area contributed by atoms with Crippen LogP contribution < -0.4 is 24.3 Å². The lowest BCUT2D eigenvalue weighted by atomic mass is 9.89. The molecule has 4 rings (SSSR count). The van der Waals surface area contributed by atoms with Crippen molar-refractivity contribution in [2.75, 3.05) is 33.8 Å². The highest BCUT2D eigenvalue weighted by Crippen LogP contribution is 2.43. The Bertz CT molecular complexity index is 1090. The maximum atomic E-state index is 12.6. The first-order valence-electron chi connectivity index (χ1n) is 9.41. The van der Waals surface area contributed by atoms with E-state index < -0.39 is 0 Å². The summed E-state index contributed by atoms with van der Waals surface area (Å²) in [4.78, 5) is 17.3. The Balaban J connectivity index is 1.85. The number of carbonyl (C=O) groups excluding carboxylic acids is 1. The van der Waals surface area contributed by atoms with Gasteiger partial charge in [-0.05, 0) is 30.3 Å². The average Bonchev–Trinajstić information content (AvgIpc) is 3.20. The van der Waals surface area contributed by atoms with Gasteiger partial charge >= 0.3 is 0 Å². The number of hydrogen-bond donors (Lipinski definition) is 1. The number of aromatic nitrogens is 2. The number of nitrogens with zero attached hydrogens (tertiary/aromatic N) is 2. The van der Waals surface area contributed by atoms with E-state index in [-0.39, 0.29) is 18.2 Å². The maximum absolute atomic E-state index is 12.6. The van der Waals surface area contributed by atoms with Crippen molar-refractivity contribution < 1.29 is 23.7 Å². The standard InChI is InChI=1S/C22H23N3O5/c1-27-13-6-8-18(29-3)15(9-13)16-11-20(26)24-22-21(16)23-12-25(22)17-7-5-14(28-2)10-19(17)30-4/h5-10,12,16H,11H2,1-4H3,(H,24,26). The molecule has 1 unspecified atom stereocenters. The van der Waals surface area contributed by atoms with E-state index in [1.807, 2.05) is 34.9 Å². The van der Waals surface area contributed by atoms with Gasteiger partial charge in [-0.1, -0.05) is 0 Å². The first kappa shape index (κ1) is 19.6. The number of anilines is 1. The number of hydrogen-bond acceptors (Lipinski definition) is 6. The van der Waals surface area contributed by atoms with Crippen molar-refractivity contribution in [3.8, 4) is 28.7 Å². The van der Waals surface area contributed by atoms with E-state index >= 15 is 0 Å². The molecule has 0 bridgehead atoms. The first-order chi connectivity index (χ1) is 14.6. The van der Waals surface area contributed by atoms with Gasteiger partial charge < -0.3 is 24.3 Å². The van der Waals surface area contributed by atoms with Crippen LogP contribution in [0.1, 0.15) is 23.6 Å². The third-order valence-corrected chi connectivity index (χ3v) is 5.23. The van der Waals surface area contributed by atoms with Crippen LogP contribution in [0.5, 0.6) is 23.0 Å². The van der Waals surface area contributed by atoms with Crippen molar-refractivity contribution in [3.05, 3.63) is 54.0 Å². The molecule has 1 aliphatic heterocycles. The molecule has 2 aromatic carbocycles. The first-order valence-corrected chi connectivity index (χ1v) is 9.41. The molecule has 3 aromatic rings. The molecule has 30 heavy (non-hydrogen) atoms. The zero-order valence-corrected chi connectivity index (χ0v) is 17.3. The van der Waals surface area contributed by atoms with E-state index in [9.17, 15) is 4.79 Å². The summed E-state index contributed by atoms with van der Waals surface area (Å²) < 4.78 is 23.5. The van der Waals surface area contributed by atoms with Gasteiger partial charge in [-0.15, -0.1) is 0 Å².